The summed E-state index contributed by atoms with van der Waals surface area (Å²) in [6.45, 7) is 7.74. The van der Waals surface area contributed by atoms with Gasteiger partial charge in [-0.1, -0.05) is 6.92 Å². The molecule has 0 aromatic rings. The Morgan fingerprint density at radius 3 is 2.59 bits per heavy atom. The second kappa shape index (κ2) is 5.83. The van der Waals surface area contributed by atoms with Crippen LogP contribution in [0.2, 0.25) is 0 Å². The lowest BCUT2D eigenvalue weighted by Crippen LogP contribution is -2.53. The number of hydrogen-bond acceptors (Lipinski definition) is 3. The van der Waals surface area contributed by atoms with Crippen molar-refractivity contribution in [1.82, 2.24) is 10.2 Å². The molecule has 2 unspecified atom stereocenters. The predicted octanol–water partition coefficient (Wildman–Crippen LogP) is 1.10. The average molecular weight is 241 g/mol. The van der Waals surface area contributed by atoms with E-state index in [1.807, 2.05) is 7.05 Å². The van der Waals surface area contributed by atoms with E-state index in [-0.39, 0.29) is 5.91 Å². The van der Waals surface area contributed by atoms with E-state index in [4.69, 9.17) is 5.73 Å². The van der Waals surface area contributed by atoms with Gasteiger partial charge in [-0.15, -0.1) is 0 Å². The lowest BCUT2D eigenvalue weighted by atomic mass is 9.96. The number of nitrogens with two attached hydrogens (primary N) is 1. The predicted molar refractivity (Wildman–Crippen MR) is 70.8 cm³/mol. The van der Waals surface area contributed by atoms with Crippen LogP contribution in [0.3, 0.4) is 0 Å². The fraction of sp³-hybridized carbons (Fsp3) is 0.923. The second-order valence-electron chi connectivity index (χ2n) is 5.42. The topological polar surface area (TPSA) is 58.4 Å². The highest BCUT2D eigenvalue weighted by Gasteiger charge is 2.44. The van der Waals surface area contributed by atoms with Gasteiger partial charge < -0.3 is 11.1 Å². The first kappa shape index (κ1) is 14.5. The van der Waals surface area contributed by atoms with Crippen LogP contribution in [0.1, 0.15) is 46.5 Å². The summed E-state index contributed by atoms with van der Waals surface area (Å²) >= 11 is 0. The third-order valence-corrected chi connectivity index (χ3v) is 4.05. The van der Waals surface area contributed by atoms with E-state index in [9.17, 15) is 4.79 Å². The van der Waals surface area contributed by atoms with E-state index in [0.717, 1.165) is 32.2 Å². The Balaban J connectivity index is 2.73. The Kier molecular flexibility index (Phi) is 4.95. The first-order valence-electron chi connectivity index (χ1n) is 6.71. The van der Waals surface area contributed by atoms with Crippen LogP contribution >= 0.6 is 0 Å². The molecule has 4 nitrogen and oxygen atoms in total. The summed E-state index contributed by atoms with van der Waals surface area (Å²) in [5.74, 6) is -0.206. The fourth-order valence-corrected chi connectivity index (χ4v) is 3.00. The first-order chi connectivity index (χ1) is 7.96. The molecule has 0 bridgehead atoms. The average Bonchev–Trinajstić information content (AvgIpc) is 2.70. The molecule has 3 N–H and O–H groups in total. The summed E-state index contributed by atoms with van der Waals surface area (Å²) in [7, 11) is 1.84. The monoisotopic (exact) mass is 241 g/mol. The molecule has 0 spiro atoms. The van der Waals surface area contributed by atoms with Gasteiger partial charge in [-0.2, -0.15) is 0 Å². The third-order valence-electron chi connectivity index (χ3n) is 4.05. The van der Waals surface area contributed by atoms with E-state index in [2.05, 4.69) is 31.0 Å². The standard InChI is InChI=1S/C13H27N3O/c1-5-8-16(10(2)3)11-6-7-13(9-11,15-4)12(14)17/h10-11,15H,5-9H2,1-4H3,(H2,14,17). The normalized spacial score (nSPS) is 29.2. The maximum Gasteiger partial charge on any atom is 0.237 e. The minimum Gasteiger partial charge on any atom is -0.368 e. The van der Waals surface area contributed by atoms with Gasteiger partial charge in [-0.05, 0) is 53.1 Å². The molecule has 0 aromatic carbocycles. The largest absolute Gasteiger partial charge is 0.368 e. The van der Waals surface area contributed by atoms with Crippen LogP contribution < -0.4 is 11.1 Å². The Bertz CT molecular complexity index is 267. The number of carbonyl (C=O) groups is 1. The van der Waals surface area contributed by atoms with Crippen molar-refractivity contribution in [2.45, 2.75) is 64.1 Å². The van der Waals surface area contributed by atoms with Crippen molar-refractivity contribution in [3.05, 3.63) is 0 Å². The molecule has 1 aliphatic carbocycles. The molecule has 1 saturated carbocycles. The maximum atomic E-state index is 11.6. The van der Waals surface area contributed by atoms with Crippen molar-refractivity contribution < 1.29 is 4.79 Å². The minimum absolute atomic E-state index is 0.206. The van der Waals surface area contributed by atoms with Crippen molar-refractivity contribution >= 4 is 5.91 Å². The lowest BCUT2D eigenvalue weighted by Gasteiger charge is -2.33. The molecule has 0 aromatic heterocycles. The number of primary amides is 1. The van der Waals surface area contributed by atoms with E-state index in [0.29, 0.717) is 12.1 Å². The summed E-state index contributed by atoms with van der Waals surface area (Å²) in [4.78, 5) is 14.1. The molecule has 17 heavy (non-hydrogen) atoms. The van der Waals surface area contributed by atoms with Gasteiger partial charge in [0.1, 0.15) is 0 Å². The van der Waals surface area contributed by atoms with Gasteiger partial charge >= 0.3 is 0 Å². The maximum absolute atomic E-state index is 11.6. The van der Waals surface area contributed by atoms with E-state index in [1.54, 1.807) is 0 Å². The third kappa shape index (κ3) is 2.99. The molecule has 1 amide bonds. The van der Waals surface area contributed by atoms with Gasteiger partial charge in [0.15, 0.2) is 0 Å². The SMILES string of the molecule is CCCN(C(C)C)C1CCC(NC)(C(N)=O)C1. The second-order valence-corrected chi connectivity index (χ2v) is 5.42. The molecule has 0 heterocycles. The molecular weight excluding hydrogens is 214 g/mol. The number of nitrogens with one attached hydrogen (secondary N) is 1. The number of nitrogens with zero attached hydrogens (tertiary/aromatic N) is 1. The van der Waals surface area contributed by atoms with Crippen LogP contribution in [0.25, 0.3) is 0 Å². The number of rotatable bonds is 6. The van der Waals surface area contributed by atoms with Crippen molar-refractivity contribution in [1.29, 1.82) is 0 Å². The van der Waals surface area contributed by atoms with E-state index >= 15 is 0 Å². The van der Waals surface area contributed by atoms with Gasteiger partial charge in [0, 0.05) is 12.1 Å². The van der Waals surface area contributed by atoms with Gasteiger partial charge in [-0.3, -0.25) is 9.69 Å². The quantitative estimate of drug-likeness (QED) is 0.732. The Morgan fingerprint density at radius 2 is 2.24 bits per heavy atom. The highest BCUT2D eigenvalue weighted by atomic mass is 16.1. The van der Waals surface area contributed by atoms with Crippen molar-refractivity contribution in [3.8, 4) is 0 Å². The zero-order valence-electron chi connectivity index (χ0n) is 11.6. The summed E-state index contributed by atoms with van der Waals surface area (Å²) in [6.07, 6.45) is 3.91. The highest BCUT2D eigenvalue weighted by molar-refractivity contribution is 5.85. The Labute approximate surface area is 105 Å². The molecule has 0 radical (unpaired) electrons. The van der Waals surface area contributed by atoms with Crippen LogP contribution in [-0.2, 0) is 4.79 Å². The van der Waals surface area contributed by atoms with Gasteiger partial charge in [0.2, 0.25) is 5.91 Å². The van der Waals surface area contributed by atoms with Crippen LogP contribution in [0, 0.1) is 0 Å². The van der Waals surface area contributed by atoms with Crippen LogP contribution in [0.5, 0.6) is 0 Å². The lowest BCUT2D eigenvalue weighted by molar-refractivity contribution is -0.124. The minimum atomic E-state index is -0.481. The van der Waals surface area contributed by atoms with Gasteiger partial charge in [0.05, 0.1) is 5.54 Å². The van der Waals surface area contributed by atoms with Crippen LogP contribution in [0.15, 0.2) is 0 Å². The molecule has 1 aliphatic rings. The molecular formula is C13H27N3O. The van der Waals surface area contributed by atoms with E-state index in [1.165, 1.54) is 0 Å². The zero-order chi connectivity index (χ0) is 13.1. The first-order valence-corrected chi connectivity index (χ1v) is 6.71. The molecule has 4 heteroatoms. The van der Waals surface area contributed by atoms with Crippen LogP contribution in [0.4, 0.5) is 0 Å². The molecule has 1 fully saturated rings. The number of carbonyl (C=O) groups excluding carboxylic acids is 1. The fourth-order valence-electron chi connectivity index (χ4n) is 3.00. The summed E-state index contributed by atoms with van der Waals surface area (Å²) in [5, 5.41) is 3.14. The van der Waals surface area contributed by atoms with Crippen molar-refractivity contribution in [2.24, 2.45) is 5.73 Å². The molecule has 0 aliphatic heterocycles. The summed E-state index contributed by atoms with van der Waals surface area (Å²) in [6, 6.07) is 1.01. The molecule has 2 atom stereocenters. The smallest absolute Gasteiger partial charge is 0.237 e. The zero-order valence-corrected chi connectivity index (χ0v) is 11.6. The number of amides is 1. The molecule has 0 saturated heterocycles. The Hall–Kier alpha value is -0.610. The highest BCUT2D eigenvalue weighted by Crippen LogP contribution is 2.33. The van der Waals surface area contributed by atoms with E-state index < -0.39 is 5.54 Å². The molecule has 100 valence electrons. The number of likely N-dealkylation sites (N-methyl/N-ethyl adjacent to an activating group) is 1. The van der Waals surface area contributed by atoms with Crippen LogP contribution in [-0.4, -0.2) is 42.0 Å². The summed E-state index contributed by atoms with van der Waals surface area (Å²) in [5.41, 5.74) is 5.06. The van der Waals surface area contributed by atoms with Gasteiger partial charge in [-0.25, -0.2) is 0 Å². The van der Waals surface area contributed by atoms with Crippen molar-refractivity contribution in [3.63, 3.8) is 0 Å². The van der Waals surface area contributed by atoms with Crippen molar-refractivity contribution in [2.75, 3.05) is 13.6 Å². The summed E-state index contributed by atoms with van der Waals surface area (Å²) < 4.78 is 0. The van der Waals surface area contributed by atoms with Gasteiger partial charge in [0.25, 0.3) is 0 Å². The Morgan fingerprint density at radius 1 is 1.59 bits per heavy atom. The molecule has 1 rings (SSSR count). The number of hydrogen-bond donors (Lipinski definition) is 2.